The monoisotopic (exact) mass is 482 g/mol. The van der Waals surface area contributed by atoms with E-state index in [1.807, 2.05) is 67.6 Å². The molecular formula is C28H26N4O4. The van der Waals surface area contributed by atoms with Crippen molar-refractivity contribution in [3.05, 3.63) is 107 Å². The number of furan rings is 2. The van der Waals surface area contributed by atoms with Crippen LogP contribution in [0.15, 0.2) is 86.9 Å². The molecule has 0 radical (unpaired) electrons. The zero-order valence-corrected chi connectivity index (χ0v) is 20.1. The van der Waals surface area contributed by atoms with Gasteiger partial charge in [-0.15, -0.1) is 0 Å². The first kappa shape index (κ1) is 23.2. The van der Waals surface area contributed by atoms with Crippen LogP contribution < -0.4 is 15.9 Å². The maximum atomic E-state index is 13.4. The zero-order valence-electron chi connectivity index (χ0n) is 20.1. The Bertz CT molecular complexity index is 1380. The SMILES string of the molecule is Cc1occc1C(=O)N/N=C1\CCCc2oc(C(=O)NN(c3ccccc3)c3ccccc3)c(C)c21. The molecule has 8 heteroatoms. The Hall–Kier alpha value is -4.59. The Labute approximate surface area is 208 Å². The van der Waals surface area contributed by atoms with Gasteiger partial charge in [0.1, 0.15) is 11.5 Å². The van der Waals surface area contributed by atoms with Gasteiger partial charge < -0.3 is 8.83 Å². The summed E-state index contributed by atoms with van der Waals surface area (Å²) in [6.07, 6.45) is 3.63. The third kappa shape index (κ3) is 4.53. The lowest BCUT2D eigenvalue weighted by molar-refractivity contribution is 0.0921. The van der Waals surface area contributed by atoms with Gasteiger partial charge in [-0.3, -0.25) is 20.0 Å². The fourth-order valence-electron chi connectivity index (χ4n) is 4.38. The van der Waals surface area contributed by atoms with Crippen molar-refractivity contribution in [3.63, 3.8) is 0 Å². The Morgan fingerprint density at radius 2 is 1.56 bits per heavy atom. The van der Waals surface area contributed by atoms with E-state index in [0.717, 1.165) is 23.4 Å². The fraction of sp³-hybridized carbons (Fsp3) is 0.179. The molecule has 2 aromatic carbocycles. The van der Waals surface area contributed by atoms with E-state index in [4.69, 9.17) is 8.83 Å². The molecule has 0 aliphatic heterocycles. The molecule has 0 unspecified atom stereocenters. The number of rotatable bonds is 6. The van der Waals surface area contributed by atoms with Crippen LogP contribution in [0, 0.1) is 13.8 Å². The first-order chi connectivity index (χ1) is 17.5. The van der Waals surface area contributed by atoms with Crippen LogP contribution in [0.2, 0.25) is 0 Å². The lowest BCUT2D eigenvalue weighted by Crippen LogP contribution is -2.39. The van der Waals surface area contributed by atoms with Crippen molar-refractivity contribution in [1.29, 1.82) is 0 Å². The zero-order chi connectivity index (χ0) is 25.1. The number of hydrogen-bond acceptors (Lipinski definition) is 6. The summed E-state index contributed by atoms with van der Waals surface area (Å²) in [5, 5.41) is 6.11. The number of carbonyl (C=O) groups is 2. The van der Waals surface area contributed by atoms with Crippen LogP contribution in [0.25, 0.3) is 0 Å². The number of hydrazone groups is 1. The summed E-state index contributed by atoms with van der Waals surface area (Å²) in [5.74, 6) is 0.732. The van der Waals surface area contributed by atoms with Gasteiger partial charge in [0.25, 0.3) is 5.91 Å². The molecule has 2 heterocycles. The number of para-hydroxylation sites is 2. The minimum absolute atomic E-state index is 0.225. The molecule has 0 saturated carbocycles. The highest BCUT2D eigenvalue weighted by molar-refractivity contribution is 6.07. The van der Waals surface area contributed by atoms with Crippen molar-refractivity contribution in [2.75, 3.05) is 5.01 Å². The highest BCUT2D eigenvalue weighted by Crippen LogP contribution is 2.31. The molecular weight excluding hydrogens is 456 g/mol. The Morgan fingerprint density at radius 3 is 2.17 bits per heavy atom. The summed E-state index contributed by atoms with van der Waals surface area (Å²) in [6.45, 7) is 3.57. The number of amides is 2. The number of fused-ring (bicyclic) bond motifs is 1. The minimum Gasteiger partial charge on any atom is -0.469 e. The topological polar surface area (TPSA) is 100 Å². The van der Waals surface area contributed by atoms with Gasteiger partial charge in [-0.1, -0.05) is 36.4 Å². The predicted octanol–water partition coefficient (Wildman–Crippen LogP) is 5.44. The van der Waals surface area contributed by atoms with Crippen LogP contribution in [-0.4, -0.2) is 17.5 Å². The van der Waals surface area contributed by atoms with Gasteiger partial charge in [-0.2, -0.15) is 5.10 Å². The molecule has 182 valence electrons. The van der Waals surface area contributed by atoms with Crippen molar-refractivity contribution in [3.8, 4) is 0 Å². The molecule has 2 aromatic heterocycles. The first-order valence-corrected chi connectivity index (χ1v) is 11.8. The lowest BCUT2D eigenvalue weighted by atomic mass is 9.93. The summed E-state index contributed by atoms with van der Waals surface area (Å²) < 4.78 is 11.3. The third-order valence-corrected chi connectivity index (χ3v) is 6.17. The van der Waals surface area contributed by atoms with Crippen molar-refractivity contribution in [2.24, 2.45) is 5.10 Å². The maximum absolute atomic E-state index is 13.4. The summed E-state index contributed by atoms with van der Waals surface area (Å²) in [4.78, 5) is 25.9. The molecule has 2 amide bonds. The third-order valence-electron chi connectivity index (χ3n) is 6.17. The van der Waals surface area contributed by atoms with Gasteiger partial charge >= 0.3 is 5.91 Å². The van der Waals surface area contributed by atoms with E-state index in [9.17, 15) is 9.59 Å². The van der Waals surface area contributed by atoms with Crippen molar-refractivity contribution in [2.45, 2.75) is 33.1 Å². The molecule has 0 bridgehead atoms. The molecule has 0 atom stereocenters. The predicted molar refractivity (Wildman–Crippen MR) is 136 cm³/mol. The number of anilines is 2. The van der Waals surface area contributed by atoms with Gasteiger partial charge in [-0.05, 0) is 57.0 Å². The van der Waals surface area contributed by atoms with E-state index < -0.39 is 0 Å². The largest absolute Gasteiger partial charge is 0.469 e. The molecule has 0 saturated heterocycles. The number of nitrogens with zero attached hydrogens (tertiary/aromatic N) is 2. The Kier molecular flexibility index (Phi) is 6.40. The Morgan fingerprint density at radius 1 is 0.889 bits per heavy atom. The molecule has 0 spiro atoms. The summed E-state index contributed by atoms with van der Waals surface area (Å²) in [6, 6.07) is 20.8. The van der Waals surface area contributed by atoms with Crippen molar-refractivity contribution in [1.82, 2.24) is 10.9 Å². The normalized spacial score (nSPS) is 13.8. The van der Waals surface area contributed by atoms with E-state index in [0.29, 0.717) is 41.2 Å². The van der Waals surface area contributed by atoms with E-state index in [1.54, 1.807) is 18.0 Å². The molecule has 1 aliphatic carbocycles. The fourth-order valence-corrected chi connectivity index (χ4v) is 4.38. The van der Waals surface area contributed by atoms with E-state index >= 15 is 0 Å². The summed E-state index contributed by atoms with van der Waals surface area (Å²) >= 11 is 0. The molecule has 4 aromatic rings. The second kappa shape index (κ2) is 9.95. The average Bonchev–Trinajstić information content (AvgIpc) is 3.50. The molecule has 5 rings (SSSR count). The van der Waals surface area contributed by atoms with Crippen molar-refractivity contribution < 1.29 is 18.4 Å². The first-order valence-electron chi connectivity index (χ1n) is 11.8. The molecule has 0 fully saturated rings. The maximum Gasteiger partial charge on any atom is 0.306 e. The summed E-state index contributed by atoms with van der Waals surface area (Å²) in [5.41, 5.74) is 9.81. The second-order valence-electron chi connectivity index (χ2n) is 8.55. The van der Waals surface area contributed by atoms with Gasteiger partial charge in [0.15, 0.2) is 5.76 Å². The smallest absolute Gasteiger partial charge is 0.306 e. The molecule has 36 heavy (non-hydrogen) atoms. The van der Waals surface area contributed by atoms with E-state index in [1.165, 1.54) is 6.26 Å². The number of hydrazine groups is 1. The van der Waals surface area contributed by atoms with Crippen molar-refractivity contribution >= 4 is 28.9 Å². The quantitative estimate of drug-likeness (QED) is 0.356. The average molecular weight is 483 g/mol. The standard InChI is InChI=1S/C28H26N4O4/c1-18-25-23(29-30-27(33)22-16-17-35-19(22)2)14-9-15-24(25)36-26(18)28(34)31-32(20-10-5-3-6-11-20)21-12-7-4-8-13-21/h3-8,10-13,16-17H,9,14-15H2,1-2H3,(H,30,33)(H,31,34)/b29-23+. The number of carbonyl (C=O) groups excluding carboxylic acids is 2. The molecule has 1 aliphatic rings. The second-order valence-corrected chi connectivity index (χ2v) is 8.55. The lowest BCUT2D eigenvalue weighted by Gasteiger charge is -2.25. The number of hydrogen-bond donors (Lipinski definition) is 2. The van der Waals surface area contributed by atoms with Crippen LogP contribution in [-0.2, 0) is 6.42 Å². The van der Waals surface area contributed by atoms with E-state index in [2.05, 4.69) is 16.0 Å². The molecule has 2 N–H and O–H groups in total. The molecule has 8 nitrogen and oxygen atoms in total. The minimum atomic E-state index is -0.369. The summed E-state index contributed by atoms with van der Waals surface area (Å²) in [7, 11) is 0. The number of nitrogens with one attached hydrogen (secondary N) is 2. The Balaban J connectivity index is 1.42. The number of aryl methyl sites for hydroxylation is 2. The van der Waals surface area contributed by atoms with E-state index in [-0.39, 0.29) is 17.6 Å². The van der Waals surface area contributed by atoms with Gasteiger partial charge in [0.2, 0.25) is 0 Å². The highest BCUT2D eigenvalue weighted by atomic mass is 16.4. The van der Waals surface area contributed by atoms with Gasteiger partial charge in [-0.25, -0.2) is 5.43 Å². The van der Waals surface area contributed by atoms with Crippen LogP contribution in [0.5, 0.6) is 0 Å². The van der Waals surface area contributed by atoms with Gasteiger partial charge in [0, 0.05) is 17.5 Å². The van der Waals surface area contributed by atoms with Crippen LogP contribution in [0.4, 0.5) is 11.4 Å². The number of benzene rings is 2. The van der Waals surface area contributed by atoms with Crippen LogP contribution in [0.3, 0.4) is 0 Å². The van der Waals surface area contributed by atoms with Gasteiger partial charge in [0.05, 0.1) is 28.9 Å². The van der Waals surface area contributed by atoms with Crippen LogP contribution >= 0.6 is 0 Å². The van der Waals surface area contributed by atoms with Crippen LogP contribution in [0.1, 0.15) is 56.4 Å². The highest BCUT2D eigenvalue weighted by Gasteiger charge is 2.29.